The highest BCUT2D eigenvalue weighted by molar-refractivity contribution is 14.1. The van der Waals surface area contributed by atoms with Gasteiger partial charge >= 0.3 is 0 Å². The van der Waals surface area contributed by atoms with Crippen molar-refractivity contribution in [3.05, 3.63) is 27.3 Å². The molecule has 1 aromatic heterocycles. The van der Waals surface area contributed by atoms with E-state index in [-0.39, 0.29) is 5.69 Å². The molecule has 1 heterocycles. The Labute approximate surface area is 80.9 Å². The maximum absolute atomic E-state index is 12.6. The van der Waals surface area contributed by atoms with E-state index in [0.717, 1.165) is 6.07 Å². The van der Waals surface area contributed by atoms with E-state index >= 15 is 0 Å². The highest BCUT2D eigenvalue weighted by Gasteiger charge is 2.10. The lowest BCUT2D eigenvalue weighted by molar-refractivity contribution is 0.107. The van der Waals surface area contributed by atoms with Crippen molar-refractivity contribution in [2.75, 3.05) is 0 Å². The molecule has 0 aliphatic heterocycles. The molecule has 58 valence electrons. The van der Waals surface area contributed by atoms with Crippen molar-refractivity contribution in [3.63, 3.8) is 0 Å². The number of carbonyl (C=O) groups excluding carboxylic acids is 1. The number of pyridine rings is 1. The minimum absolute atomic E-state index is 0.321. The Morgan fingerprint density at radius 2 is 2.27 bits per heavy atom. The standard InChI is InChI=1S/C6H2ClFINO/c7-6(11)5-3(8)1-2-4(9)10-5/h1-2H. The Kier molecular flexibility index (Phi) is 2.78. The highest BCUT2D eigenvalue weighted by atomic mass is 127. The predicted octanol–water partition coefficient (Wildman–Crippen LogP) is 2.20. The number of hydrogen-bond donors (Lipinski definition) is 0. The number of nitrogens with zero attached hydrogens (tertiary/aromatic N) is 1. The van der Waals surface area contributed by atoms with E-state index in [4.69, 9.17) is 11.6 Å². The molecule has 1 rings (SSSR count). The smallest absolute Gasteiger partial charge is 0.273 e. The molecule has 0 unspecified atom stereocenters. The summed E-state index contributed by atoms with van der Waals surface area (Å²) in [5.41, 5.74) is -0.321. The van der Waals surface area contributed by atoms with Crippen LogP contribution in [0.15, 0.2) is 12.1 Å². The van der Waals surface area contributed by atoms with Crippen LogP contribution in [0.1, 0.15) is 10.5 Å². The molecule has 0 saturated carbocycles. The van der Waals surface area contributed by atoms with Gasteiger partial charge in [-0.15, -0.1) is 0 Å². The van der Waals surface area contributed by atoms with Crippen LogP contribution in [0.25, 0.3) is 0 Å². The lowest BCUT2D eigenvalue weighted by atomic mass is 10.3. The van der Waals surface area contributed by atoms with Crippen molar-refractivity contribution in [1.29, 1.82) is 0 Å². The monoisotopic (exact) mass is 285 g/mol. The molecule has 5 heteroatoms. The normalized spacial score (nSPS) is 9.73. The van der Waals surface area contributed by atoms with Gasteiger partial charge < -0.3 is 0 Å². The number of rotatable bonds is 1. The van der Waals surface area contributed by atoms with Gasteiger partial charge in [-0.1, -0.05) is 0 Å². The van der Waals surface area contributed by atoms with Gasteiger partial charge in [-0.05, 0) is 46.3 Å². The van der Waals surface area contributed by atoms with E-state index in [1.54, 1.807) is 0 Å². The second-order valence-electron chi connectivity index (χ2n) is 1.74. The topological polar surface area (TPSA) is 30.0 Å². The molecule has 0 aliphatic rings. The van der Waals surface area contributed by atoms with E-state index < -0.39 is 11.1 Å². The first-order valence-electron chi connectivity index (χ1n) is 2.63. The maximum atomic E-state index is 12.6. The fourth-order valence-electron chi connectivity index (χ4n) is 0.556. The van der Waals surface area contributed by atoms with Crippen LogP contribution in [0.4, 0.5) is 4.39 Å². The molecule has 11 heavy (non-hydrogen) atoms. The molecule has 0 atom stereocenters. The largest absolute Gasteiger partial charge is 0.274 e. The van der Waals surface area contributed by atoms with E-state index in [0.29, 0.717) is 3.70 Å². The second kappa shape index (κ2) is 3.44. The van der Waals surface area contributed by atoms with Crippen LogP contribution in [0.2, 0.25) is 0 Å². The molecule has 0 aromatic carbocycles. The predicted molar refractivity (Wildman–Crippen MR) is 47.1 cm³/mol. The first-order chi connectivity index (χ1) is 5.11. The fraction of sp³-hybridized carbons (Fsp3) is 0. The number of aromatic nitrogens is 1. The molecule has 2 nitrogen and oxygen atoms in total. The van der Waals surface area contributed by atoms with E-state index in [1.165, 1.54) is 6.07 Å². The molecule has 0 N–H and O–H groups in total. The molecule has 0 amide bonds. The first kappa shape index (κ1) is 8.86. The Morgan fingerprint density at radius 1 is 1.64 bits per heavy atom. The summed E-state index contributed by atoms with van der Waals surface area (Å²) in [6, 6.07) is 2.61. The zero-order chi connectivity index (χ0) is 8.43. The van der Waals surface area contributed by atoms with Crippen LogP contribution in [-0.4, -0.2) is 10.2 Å². The van der Waals surface area contributed by atoms with Gasteiger partial charge in [-0.25, -0.2) is 9.37 Å². The number of halogens is 3. The van der Waals surface area contributed by atoms with Gasteiger partial charge in [-0.3, -0.25) is 4.79 Å². The molecule has 0 fully saturated rings. The third kappa shape index (κ3) is 2.10. The summed E-state index contributed by atoms with van der Waals surface area (Å²) in [6.07, 6.45) is 0. The van der Waals surface area contributed by atoms with Gasteiger partial charge in [0.05, 0.1) is 0 Å². The third-order valence-corrected chi connectivity index (χ3v) is 1.78. The second-order valence-corrected chi connectivity index (χ2v) is 3.19. The van der Waals surface area contributed by atoms with Crippen LogP contribution in [0, 0.1) is 9.52 Å². The van der Waals surface area contributed by atoms with E-state index in [1.807, 2.05) is 22.6 Å². The van der Waals surface area contributed by atoms with Crippen molar-refractivity contribution < 1.29 is 9.18 Å². The average molecular weight is 285 g/mol. The third-order valence-electron chi connectivity index (χ3n) is 0.998. The number of hydrogen-bond acceptors (Lipinski definition) is 2. The van der Waals surface area contributed by atoms with Crippen LogP contribution < -0.4 is 0 Å². The van der Waals surface area contributed by atoms with Gasteiger partial charge in [-0.2, -0.15) is 0 Å². The summed E-state index contributed by atoms with van der Waals surface area (Å²) in [5, 5.41) is -0.874. The van der Waals surface area contributed by atoms with Gasteiger partial charge in [0.25, 0.3) is 5.24 Å². The first-order valence-corrected chi connectivity index (χ1v) is 4.09. The zero-order valence-corrected chi connectivity index (χ0v) is 8.06. The molecular weight excluding hydrogens is 283 g/mol. The molecule has 0 bridgehead atoms. The van der Waals surface area contributed by atoms with Crippen LogP contribution in [-0.2, 0) is 0 Å². The van der Waals surface area contributed by atoms with Crippen LogP contribution in [0.5, 0.6) is 0 Å². The van der Waals surface area contributed by atoms with Crippen LogP contribution in [0.3, 0.4) is 0 Å². The minimum atomic E-state index is -0.874. The summed E-state index contributed by atoms with van der Waals surface area (Å²) in [4.78, 5) is 14.1. The van der Waals surface area contributed by atoms with Crippen molar-refractivity contribution in [2.24, 2.45) is 0 Å². The van der Waals surface area contributed by atoms with E-state index in [9.17, 15) is 9.18 Å². The summed E-state index contributed by atoms with van der Waals surface area (Å²) >= 11 is 6.90. The van der Waals surface area contributed by atoms with Gasteiger partial charge in [0.1, 0.15) is 3.70 Å². The van der Waals surface area contributed by atoms with E-state index in [2.05, 4.69) is 4.98 Å². The molecular formula is C6H2ClFINO. The molecule has 0 radical (unpaired) electrons. The Morgan fingerprint density at radius 3 is 2.73 bits per heavy atom. The van der Waals surface area contributed by atoms with Crippen molar-refractivity contribution in [3.8, 4) is 0 Å². The fourth-order valence-corrected chi connectivity index (χ4v) is 1.11. The summed E-state index contributed by atoms with van der Waals surface area (Å²) in [5.74, 6) is -0.689. The Balaban J connectivity index is 3.23. The summed E-state index contributed by atoms with van der Waals surface area (Å²) in [7, 11) is 0. The zero-order valence-electron chi connectivity index (χ0n) is 5.14. The van der Waals surface area contributed by atoms with Crippen molar-refractivity contribution >= 4 is 39.4 Å². The quantitative estimate of drug-likeness (QED) is 0.450. The van der Waals surface area contributed by atoms with Gasteiger partial charge in [0, 0.05) is 0 Å². The lowest BCUT2D eigenvalue weighted by Gasteiger charge is -1.95. The van der Waals surface area contributed by atoms with Crippen LogP contribution >= 0.6 is 34.2 Å². The number of carbonyl (C=O) groups is 1. The van der Waals surface area contributed by atoms with Crippen molar-refractivity contribution in [1.82, 2.24) is 4.98 Å². The molecule has 0 aliphatic carbocycles. The van der Waals surface area contributed by atoms with Gasteiger partial charge in [0.2, 0.25) is 0 Å². The van der Waals surface area contributed by atoms with Crippen molar-refractivity contribution in [2.45, 2.75) is 0 Å². The summed E-state index contributed by atoms with van der Waals surface area (Å²) < 4.78 is 13.2. The minimum Gasteiger partial charge on any atom is -0.274 e. The Hall–Kier alpha value is -0.230. The molecule has 0 spiro atoms. The van der Waals surface area contributed by atoms with Gasteiger partial charge in [0.15, 0.2) is 11.5 Å². The average Bonchev–Trinajstić information content (AvgIpc) is 1.94. The summed E-state index contributed by atoms with van der Waals surface area (Å²) in [6.45, 7) is 0. The molecule has 0 saturated heterocycles. The lowest BCUT2D eigenvalue weighted by Crippen LogP contribution is -1.99. The highest BCUT2D eigenvalue weighted by Crippen LogP contribution is 2.09. The SMILES string of the molecule is O=C(Cl)c1nc(I)ccc1F. The maximum Gasteiger partial charge on any atom is 0.273 e. The molecule has 1 aromatic rings. The Bertz CT molecular complexity index is 305.